The number of halogens is 3. The first-order chi connectivity index (χ1) is 5.82. The molecule has 0 saturated heterocycles. The molecule has 0 atom stereocenters. The van der Waals surface area contributed by atoms with E-state index in [-0.39, 0.29) is 20.0 Å². The topological polar surface area (TPSA) is 60.2 Å². The molecule has 1 aromatic rings. The Kier molecular flexibility index (Phi) is 3.09. The highest BCUT2D eigenvalue weighted by molar-refractivity contribution is 7.89. The van der Waals surface area contributed by atoms with E-state index in [2.05, 4.69) is 0 Å². The maximum Gasteiger partial charge on any atom is 0.239 e. The van der Waals surface area contributed by atoms with Crippen molar-refractivity contribution in [3.05, 3.63) is 27.2 Å². The molecule has 72 valence electrons. The van der Waals surface area contributed by atoms with Crippen molar-refractivity contribution in [1.82, 2.24) is 0 Å². The molecule has 0 aliphatic carbocycles. The number of primary sulfonamides is 1. The van der Waals surface area contributed by atoms with Crippen LogP contribution in [0.3, 0.4) is 0 Å². The molecule has 0 aromatic heterocycles. The molecule has 0 spiro atoms. The molecule has 1 aromatic carbocycles. The van der Waals surface area contributed by atoms with E-state index in [0.29, 0.717) is 0 Å². The highest BCUT2D eigenvalue weighted by atomic mass is 35.5. The zero-order chi connectivity index (χ0) is 10.2. The van der Waals surface area contributed by atoms with Gasteiger partial charge in [0.15, 0.2) is 0 Å². The van der Waals surface area contributed by atoms with Gasteiger partial charge in [-0.05, 0) is 12.1 Å². The molecule has 0 unspecified atom stereocenters. The maximum atomic E-state index is 10.9. The highest BCUT2D eigenvalue weighted by Gasteiger charge is 2.16. The molecule has 2 N–H and O–H groups in total. The van der Waals surface area contributed by atoms with Crippen molar-refractivity contribution in [2.45, 2.75) is 4.90 Å². The standard InChI is InChI=1S/C6H4Cl3NO2S/c7-3-1-4(8)6(9)5(2-3)13(10,11)12/h1-2H,(H2,10,11,12). The fraction of sp³-hybridized carbons (Fsp3) is 0. The minimum absolute atomic E-state index is 0.0539. The summed E-state index contributed by atoms with van der Waals surface area (Å²) >= 11 is 16.8. The van der Waals surface area contributed by atoms with Gasteiger partial charge in [0.1, 0.15) is 4.90 Å². The summed E-state index contributed by atoms with van der Waals surface area (Å²) in [7, 11) is -3.88. The normalized spacial score (nSPS) is 11.7. The molecule has 0 bridgehead atoms. The third-order valence-corrected chi connectivity index (χ3v) is 3.33. The van der Waals surface area contributed by atoms with E-state index in [1.807, 2.05) is 0 Å². The molecule has 0 radical (unpaired) electrons. The Hall–Kier alpha value is -0.000000000000000111. The zero-order valence-corrected chi connectivity index (χ0v) is 9.17. The van der Waals surface area contributed by atoms with Gasteiger partial charge in [-0.1, -0.05) is 34.8 Å². The first-order valence-corrected chi connectivity index (χ1v) is 5.68. The van der Waals surface area contributed by atoms with Crippen LogP contribution < -0.4 is 5.14 Å². The summed E-state index contributed by atoms with van der Waals surface area (Å²) in [6.07, 6.45) is 0. The quantitative estimate of drug-likeness (QED) is 0.788. The van der Waals surface area contributed by atoms with Crippen LogP contribution in [0.1, 0.15) is 0 Å². The van der Waals surface area contributed by atoms with E-state index < -0.39 is 10.0 Å². The number of nitrogens with two attached hydrogens (primary N) is 1. The van der Waals surface area contributed by atoms with Crippen molar-refractivity contribution in [2.75, 3.05) is 0 Å². The van der Waals surface area contributed by atoms with Gasteiger partial charge < -0.3 is 0 Å². The molecule has 0 heterocycles. The van der Waals surface area contributed by atoms with E-state index >= 15 is 0 Å². The fourth-order valence-corrected chi connectivity index (χ4v) is 2.44. The van der Waals surface area contributed by atoms with Gasteiger partial charge in [0.25, 0.3) is 0 Å². The van der Waals surface area contributed by atoms with E-state index in [1.165, 1.54) is 6.07 Å². The van der Waals surface area contributed by atoms with Gasteiger partial charge in [0, 0.05) is 5.02 Å². The Morgan fingerprint density at radius 2 is 1.69 bits per heavy atom. The molecule has 3 nitrogen and oxygen atoms in total. The smallest absolute Gasteiger partial charge is 0.225 e. The fourth-order valence-electron chi connectivity index (χ4n) is 0.739. The second-order valence-electron chi connectivity index (χ2n) is 2.24. The monoisotopic (exact) mass is 259 g/mol. The Morgan fingerprint density at radius 3 is 2.15 bits per heavy atom. The molecular formula is C6H4Cl3NO2S. The highest BCUT2D eigenvalue weighted by Crippen LogP contribution is 2.31. The summed E-state index contributed by atoms with van der Waals surface area (Å²) in [5, 5.41) is 4.97. The number of rotatable bonds is 1. The van der Waals surface area contributed by atoms with Crippen LogP contribution in [0.15, 0.2) is 17.0 Å². The van der Waals surface area contributed by atoms with Gasteiger partial charge in [-0.3, -0.25) is 0 Å². The van der Waals surface area contributed by atoms with Crippen LogP contribution in [0.4, 0.5) is 0 Å². The van der Waals surface area contributed by atoms with Crippen molar-refractivity contribution >= 4 is 44.8 Å². The number of sulfonamides is 1. The van der Waals surface area contributed by atoms with Gasteiger partial charge in [0.05, 0.1) is 10.0 Å². The lowest BCUT2D eigenvalue weighted by Crippen LogP contribution is -2.12. The SMILES string of the molecule is NS(=O)(=O)c1cc(Cl)cc(Cl)c1Cl. The number of hydrogen-bond donors (Lipinski definition) is 1. The van der Waals surface area contributed by atoms with Crippen LogP contribution in [-0.2, 0) is 10.0 Å². The van der Waals surface area contributed by atoms with Crippen LogP contribution in [-0.4, -0.2) is 8.42 Å². The third kappa shape index (κ3) is 2.48. The summed E-state index contributed by atoms with van der Waals surface area (Å²) in [6.45, 7) is 0. The van der Waals surface area contributed by atoms with E-state index in [4.69, 9.17) is 39.9 Å². The molecule has 0 amide bonds. The van der Waals surface area contributed by atoms with Crippen molar-refractivity contribution in [3.63, 3.8) is 0 Å². The zero-order valence-electron chi connectivity index (χ0n) is 6.09. The molecular weight excluding hydrogens is 256 g/mol. The summed E-state index contributed by atoms with van der Waals surface area (Å²) in [5.74, 6) is 0. The Labute approximate surface area is 90.4 Å². The predicted octanol–water partition coefficient (Wildman–Crippen LogP) is 2.29. The first kappa shape index (κ1) is 11.1. The predicted molar refractivity (Wildman–Crippen MR) is 52.8 cm³/mol. The summed E-state index contributed by atoms with van der Waals surface area (Å²) < 4.78 is 21.9. The van der Waals surface area contributed by atoms with Crippen LogP contribution in [0, 0.1) is 0 Å². The van der Waals surface area contributed by atoms with Crippen LogP contribution in [0.25, 0.3) is 0 Å². The Morgan fingerprint density at radius 1 is 1.15 bits per heavy atom. The molecule has 7 heteroatoms. The lowest BCUT2D eigenvalue weighted by Gasteiger charge is -2.03. The molecule has 0 aliphatic rings. The molecule has 0 aliphatic heterocycles. The third-order valence-electron chi connectivity index (χ3n) is 1.27. The van der Waals surface area contributed by atoms with Crippen molar-refractivity contribution in [1.29, 1.82) is 0 Å². The maximum absolute atomic E-state index is 10.9. The summed E-state index contributed by atoms with van der Waals surface area (Å²) in [6, 6.07) is 2.48. The number of hydrogen-bond acceptors (Lipinski definition) is 2. The van der Waals surface area contributed by atoms with Crippen molar-refractivity contribution in [2.24, 2.45) is 5.14 Å². The van der Waals surface area contributed by atoms with Gasteiger partial charge in [0.2, 0.25) is 10.0 Å². The van der Waals surface area contributed by atoms with Crippen LogP contribution in [0.2, 0.25) is 15.1 Å². The van der Waals surface area contributed by atoms with Crippen molar-refractivity contribution in [3.8, 4) is 0 Å². The van der Waals surface area contributed by atoms with E-state index in [0.717, 1.165) is 6.07 Å². The largest absolute Gasteiger partial charge is 0.239 e. The molecule has 13 heavy (non-hydrogen) atoms. The van der Waals surface area contributed by atoms with Crippen LogP contribution >= 0.6 is 34.8 Å². The van der Waals surface area contributed by atoms with E-state index in [9.17, 15) is 8.42 Å². The Bertz CT molecular complexity index is 443. The lowest BCUT2D eigenvalue weighted by molar-refractivity contribution is 0.598. The van der Waals surface area contributed by atoms with Crippen molar-refractivity contribution < 1.29 is 8.42 Å². The number of benzene rings is 1. The second kappa shape index (κ2) is 3.63. The minimum Gasteiger partial charge on any atom is -0.225 e. The first-order valence-electron chi connectivity index (χ1n) is 2.99. The average molecular weight is 261 g/mol. The second-order valence-corrected chi connectivity index (χ2v) is 5.00. The average Bonchev–Trinajstić information content (AvgIpc) is 1.94. The van der Waals surface area contributed by atoms with Gasteiger partial charge in [-0.15, -0.1) is 0 Å². The summed E-state index contributed by atoms with van der Waals surface area (Å²) in [4.78, 5) is -0.272. The minimum atomic E-state index is -3.88. The lowest BCUT2D eigenvalue weighted by atomic mass is 10.4. The van der Waals surface area contributed by atoms with Gasteiger partial charge in [-0.2, -0.15) is 0 Å². The molecule has 0 fully saturated rings. The van der Waals surface area contributed by atoms with Gasteiger partial charge >= 0.3 is 0 Å². The molecule has 0 saturated carbocycles. The van der Waals surface area contributed by atoms with E-state index in [1.54, 1.807) is 0 Å². The Balaban J connectivity index is 3.56. The van der Waals surface area contributed by atoms with Crippen LogP contribution in [0.5, 0.6) is 0 Å². The summed E-state index contributed by atoms with van der Waals surface area (Å²) in [5.41, 5.74) is 0. The van der Waals surface area contributed by atoms with Gasteiger partial charge in [-0.25, -0.2) is 13.6 Å². The molecule has 1 rings (SSSR count).